The summed E-state index contributed by atoms with van der Waals surface area (Å²) in [6.45, 7) is 0.316. The highest BCUT2D eigenvalue weighted by atomic mass is 35.5. The number of aromatic nitrogens is 1. The second-order valence-electron chi connectivity index (χ2n) is 4.65. The standard InChI is InChI=1S/C17H10Cl2N2O/c18-14-5-4-12(17-13(14)2-1-7-21-17)10-22-16-6-3-11(9-20)8-15(16)19/h1-8H,10H2. The van der Waals surface area contributed by atoms with Crippen LogP contribution in [-0.4, -0.2) is 4.98 Å². The van der Waals surface area contributed by atoms with Gasteiger partial charge in [-0.05, 0) is 36.4 Å². The quantitative estimate of drug-likeness (QED) is 0.680. The summed E-state index contributed by atoms with van der Waals surface area (Å²) < 4.78 is 5.75. The lowest BCUT2D eigenvalue weighted by atomic mass is 10.1. The molecule has 0 unspecified atom stereocenters. The molecule has 1 heterocycles. The van der Waals surface area contributed by atoms with Crippen molar-refractivity contribution in [1.82, 2.24) is 4.98 Å². The van der Waals surface area contributed by atoms with E-state index in [1.54, 1.807) is 24.4 Å². The Balaban J connectivity index is 1.89. The summed E-state index contributed by atoms with van der Waals surface area (Å²) >= 11 is 12.3. The van der Waals surface area contributed by atoms with E-state index in [1.807, 2.05) is 30.3 Å². The molecule has 0 radical (unpaired) electrons. The molecule has 3 rings (SSSR count). The number of fused-ring (bicyclic) bond motifs is 1. The predicted molar refractivity (Wildman–Crippen MR) is 87.3 cm³/mol. The van der Waals surface area contributed by atoms with E-state index in [0.29, 0.717) is 28.0 Å². The van der Waals surface area contributed by atoms with Crippen LogP contribution < -0.4 is 4.74 Å². The van der Waals surface area contributed by atoms with Gasteiger partial charge in [0.25, 0.3) is 0 Å². The van der Waals surface area contributed by atoms with Crippen LogP contribution >= 0.6 is 23.2 Å². The predicted octanol–water partition coefficient (Wildman–Crippen LogP) is 4.99. The van der Waals surface area contributed by atoms with Gasteiger partial charge in [-0.3, -0.25) is 4.98 Å². The van der Waals surface area contributed by atoms with Crippen LogP contribution in [0, 0.1) is 11.3 Å². The molecule has 0 aliphatic carbocycles. The summed E-state index contributed by atoms with van der Waals surface area (Å²) in [5.74, 6) is 0.527. The van der Waals surface area contributed by atoms with Gasteiger partial charge in [0.05, 0.1) is 22.2 Å². The van der Waals surface area contributed by atoms with E-state index >= 15 is 0 Å². The third kappa shape index (κ3) is 2.85. The first-order valence-electron chi connectivity index (χ1n) is 6.53. The second-order valence-corrected chi connectivity index (χ2v) is 5.47. The first kappa shape index (κ1) is 14.6. The average Bonchev–Trinajstić information content (AvgIpc) is 2.55. The van der Waals surface area contributed by atoms with Crippen LogP contribution in [0.2, 0.25) is 10.0 Å². The summed E-state index contributed by atoms with van der Waals surface area (Å²) in [7, 11) is 0. The number of nitrogens with zero attached hydrogens (tertiary/aromatic N) is 2. The van der Waals surface area contributed by atoms with Gasteiger partial charge < -0.3 is 4.74 Å². The number of benzene rings is 2. The van der Waals surface area contributed by atoms with Crippen molar-refractivity contribution in [1.29, 1.82) is 5.26 Å². The van der Waals surface area contributed by atoms with Crippen LogP contribution in [0.1, 0.15) is 11.1 Å². The van der Waals surface area contributed by atoms with Gasteiger partial charge in [-0.1, -0.05) is 29.3 Å². The van der Waals surface area contributed by atoms with Gasteiger partial charge in [-0.2, -0.15) is 5.26 Å². The highest BCUT2D eigenvalue weighted by Gasteiger charge is 2.08. The van der Waals surface area contributed by atoms with E-state index in [-0.39, 0.29) is 0 Å². The number of pyridine rings is 1. The smallest absolute Gasteiger partial charge is 0.138 e. The zero-order chi connectivity index (χ0) is 15.5. The van der Waals surface area contributed by atoms with E-state index in [1.165, 1.54) is 0 Å². The first-order valence-corrected chi connectivity index (χ1v) is 7.29. The van der Waals surface area contributed by atoms with Gasteiger partial charge >= 0.3 is 0 Å². The van der Waals surface area contributed by atoms with Crippen molar-refractivity contribution in [3.8, 4) is 11.8 Å². The van der Waals surface area contributed by atoms with Crippen LogP contribution in [0.15, 0.2) is 48.7 Å². The highest BCUT2D eigenvalue weighted by Crippen LogP contribution is 2.28. The maximum atomic E-state index is 8.83. The molecule has 5 heteroatoms. The molecule has 2 aromatic carbocycles. The third-order valence-corrected chi connectivity index (χ3v) is 3.87. The number of hydrogen-bond donors (Lipinski definition) is 0. The van der Waals surface area contributed by atoms with Gasteiger partial charge in [0, 0.05) is 22.2 Å². The molecule has 0 aliphatic heterocycles. The number of hydrogen-bond acceptors (Lipinski definition) is 3. The fraction of sp³-hybridized carbons (Fsp3) is 0.0588. The van der Waals surface area contributed by atoms with Crippen molar-refractivity contribution in [2.24, 2.45) is 0 Å². The number of nitriles is 1. The molecule has 3 nitrogen and oxygen atoms in total. The van der Waals surface area contributed by atoms with Crippen molar-refractivity contribution < 1.29 is 4.74 Å². The van der Waals surface area contributed by atoms with Gasteiger partial charge in [0.15, 0.2) is 0 Å². The van der Waals surface area contributed by atoms with Crippen LogP contribution in [0.5, 0.6) is 5.75 Å². The molecule has 0 saturated heterocycles. The number of halogens is 2. The number of ether oxygens (including phenoxy) is 1. The Kier molecular flexibility index (Phi) is 4.15. The Morgan fingerprint density at radius 2 is 1.95 bits per heavy atom. The molecular weight excluding hydrogens is 319 g/mol. The molecule has 0 spiro atoms. The van der Waals surface area contributed by atoms with Gasteiger partial charge in [0.2, 0.25) is 0 Å². The molecule has 1 aromatic heterocycles. The van der Waals surface area contributed by atoms with Crippen molar-refractivity contribution in [2.45, 2.75) is 6.61 Å². The average molecular weight is 329 g/mol. The molecule has 22 heavy (non-hydrogen) atoms. The van der Waals surface area contributed by atoms with Crippen molar-refractivity contribution in [3.05, 3.63) is 69.8 Å². The molecule has 0 atom stereocenters. The minimum atomic E-state index is 0.316. The molecular formula is C17H10Cl2N2O. The first-order chi connectivity index (χ1) is 10.7. The van der Waals surface area contributed by atoms with Crippen molar-refractivity contribution in [2.75, 3.05) is 0 Å². The van der Waals surface area contributed by atoms with E-state index in [2.05, 4.69) is 4.98 Å². The fourth-order valence-electron chi connectivity index (χ4n) is 2.16. The fourth-order valence-corrected chi connectivity index (χ4v) is 2.61. The Morgan fingerprint density at radius 3 is 2.73 bits per heavy atom. The lowest BCUT2D eigenvalue weighted by molar-refractivity contribution is 0.307. The molecule has 0 saturated carbocycles. The van der Waals surface area contributed by atoms with E-state index in [9.17, 15) is 0 Å². The zero-order valence-corrected chi connectivity index (χ0v) is 12.9. The minimum Gasteiger partial charge on any atom is -0.487 e. The topological polar surface area (TPSA) is 45.9 Å². The Morgan fingerprint density at radius 1 is 1.09 bits per heavy atom. The largest absolute Gasteiger partial charge is 0.487 e. The second kappa shape index (κ2) is 6.23. The lowest BCUT2D eigenvalue weighted by Gasteiger charge is -2.10. The molecule has 0 N–H and O–H groups in total. The molecule has 3 aromatic rings. The highest BCUT2D eigenvalue weighted by molar-refractivity contribution is 6.35. The maximum absolute atomic E-state index is 8.83. The molecule has 0 fully saturated rings. The van der Waals surface area contributed by atoms with E-state index < -0.39 is 0 Å². The molecule has 0 aliphatic rings. The van der Waals surface area contributed by atoms with Gasteiger partial charge in [0.1, 0.15) is 12.4 Å². The summed E-state index contributed by atoms with van der Waals surface area (Å²) in [6, 6.07) is 14.4. The van der Waals surface area contributed by atoms with Crippen molar-refractivity contribution >= 4 is 34.1 Å². The maximum Gasteiger partial charge on any atom is 0.138 e. The Bertz CT molecular complexity index is 887. The van der Waals surface area contributed by atoms with Gasteiger partial charge in [-0.15, -0.1) is 0 Å². The van der Waals surface area contributed by atoms with Crippen molar-refractivity contribution in [3.63, 3.8) is 0 Å². The molecule has 0 amide bonds. The monoisotopic (exact) mass is 328 g/mol. The SMILES string of the molecule is N#Cc1ccc(OCc2ccc(Cl)c3cccnc23)c(Cl)c1. The van der Waals surface area contributed by atoms with Crippen LogP contribution in [0.4, 0.5) is 0 Å². The minimum absolute atomic E-state index is 0.316. The van der Waals surface area contributed by atoms with Crippen LogP contribution in [0.3, 0.4) is 0 Å². The zero-order valence-electron chi connectivity index (χ0n) is 11.4. The van der Waals surface area contributed by atoms with E-state index in [4.69, 9.17) is 33.2 Å². The number of rotatable bonds is 3. The summed E-state index contributed by atoms with van der Waals surface area (Å²) in [6.07, 6.45) is 1.72. The Labute approximate surface area is 137 Å². The van der Waals surface area contributed by atoms with E-state index in [0.717, 1.165) is 16.5 Å². The third-order valence-electron chi connectivity index (χ3n) is 3.24. The normalized spacial score (nSPS) is 10.4. The summed E-state index contributed by atoms with van der Waals surface area (Å²) in [5.41, 5.74) is 2.22. The summed E-state index contributed by atoms with van der Waals surface area (Å²) in [4.78, 5) is 4.36. The van der Waals surface area contributed by atoms with Gasteiger partial charge in [-0.25, -0.2) is 0 Å². The summed E-state index contributed by atoms with van der Waals surface area (Å²) in [5, 5.41) is 10.8. The van der Waals surface area contributed by atoms with Crippen LogP contribution in [-0.2, 0) is 6.61 Å². The van der Waals surface area contributed by atoms with Crippen LogP contribution in [0.25, 0.3) is 10.9 Å². The Hall–Kier alpha value is -2.28. The molecule has 108 valence electrons. The molecule has 0 bridgehead atoms. The lowest BCUT2D eigenvalue weighted by Crippen LogP contribution is -1.98.